The van der Waals surface area contributed by atoms with E-state index in [-0.39, 0.29) is 22.3 Å². The van der Waals surface area contributed by atoms with Crippen molar-refractivity contribution >= 4 is 49.2 Å². The average molecular weight is 375 g/mol. The first-order valence-electron chi connectivity index (χ1n) is 5.44. The molecule has 0 aliphatic carbocycles. The van der Waals surface area contributed by atoms with Gasteiger partial charge in [0.2, 0.25) is 10.0 Å². The number of nitrogens with zero attached hydrogens (tertiary/aromatic N) is 1. The first-order chi connectivity index (χ1) is 8.43. The number of alkyl halides is 1. The third-order valence-corrected chi connectivity index (χ3v) is 5.36. The molecule has 0 fully saturated rings. The van der Waals surface area contributed by atoms with Crippen LogP contribution in [0.15, 0.2) is 27.6 Å². The molecule has 102 valence electrons. The molecule has 0 saturated carbocycles. The second kappa shape index (κ2) is 7.10. The van der Waals surface area contributed by atoms with Crippen LogP contribution in [-0.4, -0.2) is 31.7 Å². The zero-order chi connectivity index (χ0) is 13.8. The zero-order valence-corrected chi connectivity index (χ0v) is 13.8. The second-order valence-electron chi connectivity index (χ2n) is 3.67. The molecule has 0 atom stereocenters. The van der Waals surface area contributed by atoms with Gasteiger partial charge in [-0.25, -0.2) is 8.42 Å². The lowest BCUT2D eigenvalue weighted by atomic mass is 10.4. The SMILES string of the molecule is CCCN(CCCl)S(=O)(=O)c1ccc(Br)cc1Cl. The molecule has 0 aliphatic rings. The molecule has 0 heterocycles. The Hall–Kier alpha value is 0.190. The van der Waals surface area contributed by atoms with Crippen LogP contribution in [0.3, 0.4) is 0 Å². The van der Waals surface area contributed by atoms with Crippen molar-refractivity contribution in [1.29, 1.82) is 0 Å². The van der Waals surface area contributed by atoms with E-state index in [1.807, 2.05) is 6.92 Å². The fourth-order valence-electron chi connectivity index (χ4n) is 1.52. The molecule has 1 aromatic rings. The van der Waals surface area contributed by atoms with Crippen molar-refractivity contribution in [3.63, 3.8) is 0 Å². The highest BCUT2D eigenvalue weighted by molar-refractivity contribution is 9.10. The predicted octanol–water partition coefficient (Wildman–Crippen LogP) is 3.74. The summed E-state index contributed by atoms with van der Waals surface area (Å²) in [4.78, 5) is 0.117. The van der Waals surface area contributed by atoms with Crippen LogP contribution >= 0.6 is 39.1 Å². The Labute approximate surface area is 126 Å². The highest BCUT2D eigenvalue weighted by Gasteiger charge is 2.25. The van der Waals surface area contributed by atoms with Crippen LogP contribution in [0.2, 0.25) is 5.02 Å². The molecule has 0 radical (unpaired) electrons. The van der Waals surface area contributed by atoms with E-state index in [2.05, 4.69) is 15.9 Å². The molecule has 0 aromatic heterocycles. The summed E-state index contributed by atoms with van der Waals surface area (Å²) >= 11 is 14.9. The Kier molecular flexibility index (Phi) is 6.41. The topological polar surface area (TPSA) is 37.4 Å². The maximum Gasteiger partial charge on any atom is 0.244 e. The van der Waals surface area contributed by atoms with Gasteiger partial charge in [-0.2, -0.15) is 4.31 Å². The first kappa shape index (κ1) is 16.2. The van der Waals surface area contributed by atoms with Gasteiger partial charge in [-0.3, -0.25) is 0 Å². The molecule has 1 rings (SSSR count). The minimum atomic E-state index is -3.58. The summed E-state index contributed by atoms with van der Waals surface area (Å²) in [6.45, 7) is 2.63. The normalized spacial score (nSPS) is 12.1. The Balaban J connectivity index is 3.17. The van der Waals surface area contributed by atoms with E-state index in [0.29, 0.717) is 6.54 Å². The van der Waals surface area contributed by atoms with E-state index in [9.17, 15) is 8.42 Å². The Morgan fingerprint density at radius 2 is 2.00 bits per heavy atom. The van der Waals surface area contributed by atoms with Crippen molar-refractivity contribution in [2.24, 2.45) is 0 Å². The molecule has 0 aliphatic heterocycles. The number of benzene rings is 1. The lowest BCUT2D eigenvalue weighted by molar-refractivity contribution is 0.428. The summed E-state index contributed by atoms with van der Waals surface area (Å²) in [5, 5.41) is 0.208. The van der Waals surface area contributed by atoms with Crippen molar-refractivity contribution in [3.8, 4) is 0 Å². The molecule has 18 heavy (non-hydrogen) atoms. The standard InChI is InChI=1S/C11H14BrCl2NO2S/c1-2-6-15(7-5-13)18(16,17)11-4-3-9(12)8-10(11)14/h3-4,8H,2,5-7H2,1H3. The summed E-state index contributed by atoms with van der Waals surface area (Å²) in [5.41, 5.74) is 0. The maximum absolute atomic E-state index is 12.4. The Bertz CT molecular complexity index is 502. The van der Waals surface area contributed by atoms with Gasteiger partial charge in [0.05, 0.1) is 5.02 Å². The highest BCUT2D eigenvalue weighted by atomic mass is 79.9. The van der Waals surface area contributed by atoms with Crippen LogP contribution in [0.4, 0.5) is 0 Å². The largest absolute Gasteiger partial charge is 0.244 e. The van der Waals surface area contributed by atoms with E-state index >= 15 is 0 Å². The van der Waals surface area contributed by atoms with Crippen molar-refractivity contribution in [1.82, 2.24) is 4.31 Å². The summed E-state index contributed by atoms with van der Waals surface area (Å²) in [6.07, 6.45) is 0.726. The second-order valence-corrected chi connectivity index (χ2v) is 7.28. The van der Waals surface area contributed by atoms with Gasteiger partial charge in [0, 0.05) is 23.4 Å². The van der Waals surface area contributed by atoms with Crippen LogP contribution in [-0.2, 0) is 10.0 Å². The first-order valence-corrected chi connectivity index (χ1v) is 8.59. The number of hydrogen-bond donors (Lipinski definition) is 0. The summed E-state index contributed by atoms with van der Waals surface area (Å²) in [5.74, 6) is 0.257. The number of rotatable bonds is 6. The van der Waals surface area contributed by atoms with Gasteiger partial charge in [0.1, 0.15) is 4.90 Å². The molecular weight excluding hydrogens is 361 g/mol. The van der Waals surface area contributed by atoms with Crippen LogP contribution in [0.25, 0.3) is 0 Å². The van der Waals surface area contributed by atoms with Gasteiger partial charge in [0.15, 0.2) is 0 Å². The van der Waals surface area contributed by atoms with Gasteiger partial charge < -0.3 is 0 Å². The quantitative estimate of drug-likeness (QED) is 0.711. The van der Waals surface area contributed by atoms with E-state index < -0.39 is 10.0 Å². The van der Waals surface area contributed by atoms with Gasteiger partial charge in [0.25, 0.3) is 0 Å². The molecule has 0 bridgehead atoms. The van der Waals surface area contributed by atoms with Crippen molar-refractivity contribution in [2.45, 2.75) is 18.2 Å². The van der Waals surface area contributed by atoms with E-state index in [1.165, 1.54) is 10.4 Å². The monoisotopic (exact) mass is 373 g/mol. The van der Waals surface area contributed by atoms with E-state index in [1.54, 1.807) is 12.1 Å². The lowest BCUT2D eigenvalue weighted by Gasteiger charge is -2.21. The van der Waals surface area contributed by atoms with Crippen LogP contribution < -0.4 is 0 Å². The molecule has 0 spiro atoms. The van der Waals surface area contributed by atoms with E-state index in [4.69, 9.17) is 23.2 Å². The Morgan fingerprint density at radius 3 is 2.50 bits per heavy atom. The fourth-order valence-corrected chi connectivity index (χ4v) is 4.37. The number of hydrogen-bond acceptors (Lipinski definition) is 2. The summed E-state index contributed by atoms with van der Waals surface area (Å²) < 4.78 is 26.9. The average Bonchev–Trinajstić information content (AvgIpc) is 2.28. The fraction of sp³-hybridized carbons (Fsp3) is 0.455. The molecule has 7 heteroatoms. The summed E-state index contributed by atoms with van der Waals surface area (Å²) in [6, 6.07) is 4.72. The third-order valence-electron chi connectivity index (χ3n) is 2.32. The minimum Gasteiger partial charge on any atom is -0.207 e. The lowest BCUT2D eigenvalue weighted by Crippen LogP contribution is -2.33. The Morgan fingerprint density at radius 1 is 1.33 bits per heavy atom. The van der Waals surface area contributed by atoms with Gasteiger partial charge in [-0.05, 0) is 24.6 Å². The van der Waals surface area contributed by atoms with Gasteiger partial charge >= 0.3 is 0 Å². The smallest absolute Gasteiger partial charge is 0.207 e. The van der Waals surface area contributed by atoms with Crippen molar-refractivity contribution in [3.05, 3.63) is 27.7 Å². The molecule has 0 N–H and O–H groups in total. The molecule has 1 aromatic carbocycles. The predicted molar refractivity (Wildman–Crippen MR) is 78.9 cm³/mol. The third kappa shape index (κ3) is 3.84. The highest BCUT2D eigenvalue weighted by Crippen LogP contribution is 2.27. The molecule has 0 unspecified atom stereocenters. The van der Waals surface area contributed by atoms with E-state index in [0.717, 1.165) is 10.9 Å². The summed E-state index contributed by atoms with van der Waals surface area (Å²) in [7, 11) is -3.58. The maximum atomic E-state index is 12.4. The minimum absolute atomic E-state index is 0.117. The van der Waals surface area contributed by atoms with Crippen molar-refractivity contribution in [2.75, 3.05) is 19.0 Å². The zero-order valence-electron chi connectivity index (χ0n) is 9.87. The molecule has 0 saturated heterocycles. The molecular formula is C11H14BrCl2NO2S. The molecule has 3 nitrogen and oxygen atoms in total. The number of halogens is 3. The van der Waals surface area contributed by atoms with Gasteiger partial charge in [-0.15, -0.1) is 11.6 Å². The van der Waals surface area contributed by atoms with Crippen molar-refractivity contribution < 1.29 is 8.42 Å². The van der Waals surface area contributed by atoms with Crippen LogP contribution in [0.5, 0.6) is 0 Å². The molecule has 0 amide bonds. The van der Waals surface area contributed by atoms with Crippen LogP contribution in [0.1, 0.15) is 13.3 Å². The number of sulfonamides is 1. The van der Waals surface area contributed by atoms with Crippen LogP contribution in [0, 0.1) is 0 Å². The van der Waals surface area contributed by atoms with Gasteiger partial charge in [-0.1, -0.05) is 34.5 Å².